The number of methoxy groups -OCH3 is 2. The van der Waals surface area contributed by atoms with Crippen molar-refractivity contribution in [1.29, 1.82) is 0 Å². The molecule has 1 atom stereocenters. The molecule has 1 aromatic carbocycles. The topological polar surface area (TPSA) is 103 Å². The molecule has 1 fully saturated rings. The molecule has 2 heterocycles. The second kappa shape index (κ2) is 11.6. The van der Waals surface area contributed by atoms with Gasteiger partial charge >= 0.3 is 5.97 Å². The molecule has 0 aliphatic carbocycles. The fourth-order valence-electron chi connectivity index (χ4n) is 3.82. The highest BCUT2D eigenvalue weighted by Crippen LogP contribution is 2.17. The number of hydrogen-bond acceptors (Lipinski definition) is 7. The summed E-state index contributed by atoms with van der Waals surface area (Å²) in [6, 6.07) is 9.27. The van der Waals surface area contributed by atoms with Crippen molar-refractivity contribution >= 4 is 17.8 Å². The molecule has 1 aliphatic rings. The van der Waals surface area contributed by atoms with Gasteiger partial charge in [0.05, 0.1) is 39.0 Å². The molecule has 10 heteroatoms. The zero-order valence-corrected chi connectivity index (χ0v) is 20.2. The van der Waals surface area contributed by atoms with Crippen LogP contribution < -0.4 is 4.74 Å². The van der Waals surface area contributed by atoms with Crippen LogP contribution in [0.5, 0.6) is 5.75 Å². The number of benzene rings is 1. The summed E-state index contributed by atoms with van der Waals surface area (Å²) in [7, 11) is 4.62. The number of hydrogen-bond donors (Lipinski definition) is 0. The lowest BCUT2D eigenvalue weighted by Crippen LogP contribution is -2.40. The first kappa shape index (κ1) is 25.2. The van der Waals surface area contributed by atoms with Gasteiger partial charge in [-0.3, -0.25) is 19.1 Å². The maximum atomic E-state index is 13.3. The summed E-state index contributed by atoms with van der Waals surface area (Å²) in [4.78, 5) is 41.0. The van der Waals surface area contributed by atoms with Gasteiger partial charge in [-0.1, -0.05) is 19.1 Å². The normalized spacial score (nSPS) is 16.4. The zero-order chi connectivity index (χ0) is 24.7. The molecule has 1 saturated heterocycles. The van der Waals surface area contributed by atoms with Crippen LogP contribution >= 0.6 is 0 Å². The van der Waals surface area contributed by atoms with Gasteiger partial charge in [-0.2, -0.15) is 5.10 Å². The van der Waals surface area contributed by atoms with Gasteiger partial charge in [0.2, 0.25) is 5.91 Å². The maximum Gasteiger partial charge on any atom is 0.307 e. The summed E-state index contributed by atoms with van der Waals surface area (Å²) in [5.41, 5.74) is 2.13. The van der Waals surface area contributed by atoms with Crippen molar-refractivity contribution in [1.82, 2.24) is 19.6 Å². The van der Waals surface area contributed by atoms with E-state index < -0.39 is 12.1 Å². The highest BCUT2D eigenvalue weighted by Gasteiger charge is 2.32. The third-order valence-electron chi connectivity index (χ3n) is 5.76. The molecule has 0 spiro atoms. The Balaban J connectivity index is 1.79. The number of aromatic nitrogens is 2. The Morgan fingerprint density at radius 2 is 1.97 bits per heavy atom. The van der Waals surface area contributed by atoms with E-state index in [1.54, 1.807) is 25.1 Å². The van der Waals surface area contributed by atoms with Crippen LogP contribution in [0, 0.1) is 0 Å². The Hall–Kier alpha value is -3.40. The average Bonchev–Trinajstić information content (AvgIpc) is 3.15. The van der Waals surface area contributed by atoms with Gasteiger partial charge in [-0.15, -0.1) is 0 Å². The van der Waals surface area contributed by atoms with Crippen molar-refractivity contribution in [2.75, 3.05) is 40.4 Å². The van der Waals surface area contributed by atoms with Crippen LogP contribution in [-0.2, 0) is 39.1 Å². The Morgan fingerprint density at radius 3 is 2.65 bits per heavy atom. The first-order valence-electron chi connectivity index (χ1n) is 11.3. The molecule has 0 saturated carbocycles. The Labute approximate surface area is 199 Å². The molecular formula is C24H32N4O6. The van der Waals surface area contributed by atoms with Crippen molar-refractivity contribution < 1.29 is 28.6 Å². The van der Waals surface area contributed by atoms with Crippen LogP contribution in [0.4, 0.5) is 0 Å². The van der Waals surface area contributed by atoms with Gasteiger partial charge in [0.25, 0.3) is 5.91 Å². The average molecular weight is 473 g/mol. The molecule has 2 aromatic rings. The number of carbonyl (C=O) groups is 3. The third-order valence-corrected chi connectivity index (χ3v) is 5.76. The molecule has 10 nitrogen and oxygen atoms in total. The van der Waals surface area contributed by atoms with Crippen LogP contribution in [0.3, 0.4) is 0 Å². The lowest BCUT2D eigenvalue weighted by atomic mass is 10.2. The number of ether oxygens (including phenoxy) is 3. The van der Waals surface area contributed by atoms with Crippen LogP contribution in [0.25, 0.3) is 0 Å². The molecule has 0 bridgehead atoms. The molecule has 0 unspecified atom stereocenters. The van der Waals surface area contributed by atoms with E-state index in [0.717, 1.165) is 17.0 Å². The largest absolute Gasteiger partial charge is 0.497 e. The molecule has 0 N–H and O–H groups in total. The van der Waals surface area contributed by atoms with E-state index in [1.807, 2.05) is 31.2 Å². The van der Waals surface area contributed by atoms with Gasteiger partial charge < -0.3 is 24.0 Å². The molecule has 0 radical (unpaired) electrons. The van der Waals surface area contributed by atoms with E-state index in [0.29, 0.717) is 12.1 Å². The number of rotatable bonds is 9. The lowest BCUT2D eigenvalue weighted by Gasteiger charge is -2.24. The summed E-state index contributed by atoms with van der Waals surface area (Å²) < 4.78 is 17.7. The predicted octanol–water partition coefficient (Wildman–Crippen LogP) is 1.42. The Bertz CT molecular complexity index is 1020. The Morgan fingerprint density at radius 1 is 1.18 bits per heavy atom. The van der Waals surface area contributed by atoms with E-state index in [1.165, 1.54) is 16.7 Å². The van der Waals surface area contributed by atoms with Crippen LogP contribution in [0.2, 0.25) is 0 Å². The molecule has 2 amide bonds. The monoisotopic (exact) mass is 472 g/mol. The number of aryl methyl sites for hydroxylation is 2. The van der Waals surface area contributed by atoms with Crippen molar-refractivity contribution in [3.63, 3.8) is 0 Å². The fraction of sp³-hybridized carbons (Fsp3) is 0.500. The van der Waals surface area contributed by atoms with E-state index in [4.69, 9.17) is 14.2 Å². The SMILES string of the molecule is CCc1cc(C(=O)N2CC(=O)N(CCC(=O)OC)C[C@H](OCc3cccc(OC)c3)C2)n(C)n1. The summed E-state index contributed by atoms with van der Waals surface area (Å²) in [6.07, 6.45) is 0.326. The van der Waals surface area contributed by atoms with Crippen LogP contribution in [0.15, 0.2) is 30.3 Å². The van der Waals surface area contributed by atoms with E-state index in [-0.39, 0.29) is 51.0 Å². The van der Waals surface area contributed by atoms with E-state index in [2.05, 4.69) is 5.10 Å². The summed E-state index contributed by atoms with van der Waals surface area (Å²) in [5.74, 6) is -0.215. The van der Waals surface area contributed by atoms with Gasteiger partial charge in [-0.25, -0.2) is 0 Å². The fourth-order valence-corrected chi connectivity index (χ4v) is 3.82. The summed E-state index contributed by atoms with van der Waals surface area (Å²) in [6.45, 7) is 2.83. The predicted molar refractivity (Wildman–Crippen MR) is 123 cm³/mol. The van der Waals surface area contributed by atoms with Crippen LogP contribution in [0.1, 0.15) is 35.1 Å². The van der Waals surface area contributed by atoms with E-state index >= 15 is 0 Å². The number of carbonyl (C=O) groups excluding carboxylic acids is 3. The van der Waals surface area contributed by atoms with E-state index in [9.17, 15) is 14.4 Å². The number of amides is 2. The first-order valence-corrected chi connectivity index (χ1v) is 11.3. The lowest BCUT2D eigenvalue weighted by molar-refractivity contribution is -0.142. The third kappa shape index (κ3) is 6.34. The molecular weight excluding hydrogens is 440 g/mol. The minimum Gasteiger partial charge on any atom is -0.497 e. The molecule has 34 heavy (non-hydrogen) atoms. The smallest absolute Gasteiger partial charge is 0.307 e. The molecule has 184 valence electrons. The molecule has 3 rings (SSSR count). The minimum atomic E-state index is -0.446. The number of esters is 1. The van der Waals surface area contributed by atoms with Crippen molar-refractivity contribution in [3.05, 3.63) is 47.3 Å². The standard InChI is InChI=1S/C24H32N4O6/c1-5-18-12-21(26(2)25-18)24(31)28-14-20(34-16-17-7-6-8-19(11-17)32-3)13-27(22(29)15-28)10-9-23(30)33-4/h6-8,11-12,20H,5,9-10,13-16H2,1-4H3/t20-/m0/s1. The Kier molecular flexibility index (Phi) is 8.64. The highest BCUT2D eigenvalue weighted by molar-refractivity contribution is 5.95. The van der Waals surface area contributed by atoms with Gasteiger partial charge in [0, 0.05) is 26.7 Å². The van der Waals surface area contributed by atoms with Crippen molar-refractivity contribution in [2.45, 2.75) is 32.5 Å². The quantitative estimate of drug-likeness (QED) is 0.509. The summed E-state index contributed by atoms with van der Waals surface area (Å²) >= 11 is 0. The van der Waals surface area contributed by atoms with Crippen molar-refractivity contribution in [3.8, 4) is 5.75 Å². The molecule has 1 aromatic heterocycles. The minimum absolute atomic E-state index is 0.0698. The van der Waals surface area contributed by atoms with Gasteiger partial charge in [-0.05, 0) is 30.2 Å². The molecule has 1 aliphatic heterocycles. The maximum absolute atomic E-state index is 13.3. The number of nitrogens with zero attached hydrogens (tertiary/aromatic N) is 4. The summed E-state index contributed by atoms with van der Waals surface area (Å²) in [5, 5.41) is 4.35. The zero-order valence-electron chi connectivity index (χ0n) is 20.2. The van der Waals surface area contributed by atoms with Gasteiger partial charge in [0.1, 0.15) is 18.0 Å². The second-order valence-corrected chi connectivity index (χ2v) is 8.13. The highest BCUT2D eigenvalue weighted by atomic mass is 16.5. The van der Waals surface area contributed by atoms with Crippen molar-refractivity contribution in [2.24, 2.45) is 7.05 Å². The van der Waals surface area contributed by atoms with Crippen LogP contribution in [-0.4, -0.2) is 83.9 Å². The van der Waals surface area contributed by atoms with Gasteiger partial charge in [0.15, 0.2) is 0 Å². The second-order valence-electron chi connectivity index (χ2n) is 8.13. The first-order chi connectivity index (χ1) is 16.3.